The summed E-state index contributed by atoms with van der Waals surface area (Å²) in [5.74, 6) is -1.81. The number of nitrogens with zero attached hydrogens (tertiary/aromatic N) is 2. The number of carbonyl (C=O) groups excluding carboxylic acids is 2. The predicted octanol–water partition coefficient (Wildman–Crippen LogP) is 2.09. The number of hydrazine groups is 1. The van der Waals surface area contributed by atoms with E-state index in [1.54, 1.807) is 36.4 Å². The van der Waals surface area contributed by atoms with E-state index >= 15 is 0 Å². The van der Waals surface area contributed by atoms with Crippen LogP contribution in [0.15, 0.2) is 53.7 Å². The molecule has 0 spiro atoms. The molecule has 8 nitrogen and oxygen atoms in total. The quantitative estimate of drug-likeness (QED) is 0.545. The fraction of sp³-hybridized carbons (Fsp3) is 0.0556. The molecule has 1 aliphatic rings. The van der Waals surface area contributed by atoms with Crippen LogP contribution in [0.1, 0.15) is 15.9 Å². The van der Waals surface area contributed by atoms with Gasteiger partial charge in [-0.3, -0.25) is 20.0 Å². The summed E-state index contributed by atoms with van der Waals surface area (Å²) in [4.78, 5) is 39.7. The Bertz CT molecular complexity index is 978. The lowest BCUT2D eigenvalue weighted by Gasteiger charge is -2.15. The minimum atomic E-state index is -1.11. The molecule has 10 heteroatoms. The summed E-state index contributed by atoms with van der Waals surface area (Å²) in [5, 5.41) is 9.76. The van der Waals surface area contributed by atoms with Gasteiger partial charge in [-0.1, -0.05) is 30.0 Å². The smallest absolute Gasteiger partial charge is 0.341 e. The first-order valence-corrected chi connectivity index (χ1v) is 9.11. The van der Waals surface area contributed by atoms with Gasteiger partial charge in [-0.2, -0.15) is 5.01 Å². The van der Waals surface area contributed by atoms with Crippen molar-refractivity contribution in [2.75, 3.05) is 6.61 Å². The Morgan fingerprint density at radius 3 is 2.79 bits per heavy atom. The Morgan fingerprint density at radius 2 is 2.07 bits per heavy atom. The SMILES string of the molecule is O=C(O)COc1ccccc1/C=C1/SC(=S)N(NC(=O)c2cccnc2)C1=O. The van der Waals surface area contributed by atoms with Crippen molar-refractivity contribution in [2.24, 2.45) is 0 Å². The number of benzene rings is 1. The van der Waals surface area contributed by atoms with Gasteiger partial charge in [0.15, 0.2) is 10.9 Å². The summed E-state index contributed by atoms with van der Waals surface area (Å²) in [5.41, 5.74) is 3.26. The standard InChI is InChI=1S/C18H13N3O5S2/c22-15(23)10-26-13-6-2-1-4-11(13)8-14-17(25)21(18(27)28-14)20-16(24)12-5-3-7-19-9-12/h1-9H,10H2,(H,20,24)(H,22,23)/b14-8+. The van der Waals surface area contributed by atoms with E-state index in [1.807, 2.05) is 0 Å². The number of aromatic nitrogens is 1. The molecule has 0 saturated carbocycles. The van der Waals surface area contributed by atoms with Gasteiger partial charge in [0, 0.05) is 18.0 Å². The summed E-state index contributed by atoms with van der Waals surface area (Å²) >= 11 is 6.20. The summed E-state index contributed by atoms with van der Waals surface area (Å²) in [7, 11) is 0. The number of aliphatic carboxylic acids is 1. The second kappa shape index (κ2) is 8.63. The number of pyridine rings is 1. The van der Waals surface area contributed by atoms with E-state index in [9.17, 15) is 14.4 Å². The molecule has 0 unspecified atom stereocenters. The van der Waals surface area contributed by atoms with Crippen molar-refractivity contribution >= 4 is 52.2 Å². The highest BCUT2D eigenvalue weighted by atomic mass is 32.2. The molecule has 28 heavy (non-hydrogen) atoms. The zero-order valence-electron chi connectivity index (χ0n) is 14.2. The largest absolute Gasteiger partial charge is 0.481 e. The zero-order chi connectivity index (χ0) is 20.1. The number of hydrogen-bond donors (Lipinski definition) is 2. The summed E-state index contributed by atoms with van der Waals surface area (Å²) in [6, 6.07) is 9.86. The van der Waals surface area contributed by atoms with Crippen LogP contribution in [-0.2, 0) is 9.59 Å². The summed E-state index contributed by atoms with van der Waals surface area (Å²) < 4.78 is 5.40. The van der Waals surface area contributed by atoms with Gasteiger partial charge in [0.1, 0.15) is 5.75 Å². The number of ether oxygens (including phenoxy) is 1. The van der Waals surface area contributed by atoms with Crippen molar-refractivity contribution in [3.05, 3.63) is 64.8 Å². The van der Waals surface area contributed by atoms with Crippen LogP contribution >= 0.6 is 24.0 Å². The van der Waals surface area contributed by atoms with Crippen LogP contribution in [-0.4, -0.2) is 43.8 Å². The fourth-order valence-electron chi connectivity index (χ4n) is 2.24. The number of para-hydroxylation sites is 1. The van der Waals surface area contributed by atoms with E-state index < -0.39 is 24.4 Å². The molecule has 1 aliphatic heterocycles. The van der Waals surface area contributed by atoms with Gasteiger partial charge >= 0.3 is 5.97 Å². The van der Waals surface area contributed by atoms with Crippen molar-refractivity contribution in [2.45, 2.75) is 0 Å². The van der Waals surface area contributed by atoms with E-state index in [2.05, 4.69) is 10.4 Å². The van der Waals surface area contributed by atoms with Crippen LogP contribution in [0.2, 0.25) is 0 Å². The fourth-order valence-corrected chi connectivity index (χ4v) is 3.41. The van der Waals surface area contributed by atoms with Crippen molar-refractivity contribution in [3.63, 3.8) is 0 Å². The number of rotatable bonds is 6. The topological polar surface area (TPSA) is 109 Å². The maximum absolute atomic E-state index is 12.6. The minimum Gasteiger partial charge on any atom is -0.481 e. The van der Waals surface area contributed by atoms with E-state index in [-0.39, 0.29) is 14.8 Å². The van der Waals surface area contributed by atoms with Crippen molar-refractivity contribution in [1.82, 2.24) is 15.4 Å². The average Bonchev–Trinajstić information content (AvgIpc) is 2.95. The Balaban J connectivity index is 1.78. The van der Waals surface area contributed by atoms with Gasteiger partial charge in [0.2, 0.25) is 0 Å². The van der Waals surface area contributed by atoms with Gasteiger partial charge < -0.3 is 9.84 Å². The van der Waals surface area contributed by atoms with Crippen LogP contribution in [0.3, 0.4) is 0 Å². The summed E-state index contributed by atoms with van der Waals surface area (Å²) in [6.07, 6.45) is 4.44. The molecule has 3 rings (SSSR count). The number of carbonyl (C=O) groups is 3. The zero-order valence-corrected chi connectivity index (χ0v) is 15.8. The van der Waals surface area contributed by atoms with Gasteiger partial charge in [-0.25, -0.2) is 4.79 Å². The van der Waals surface area contributed by atoms with E-state index in [0.29, 0.717) is 11.3 Å². The highest BCUT2D eigenvalue weighted by Gasteiger charge is 2.34. The third-order valence-electron chi connectivity index (χ3n) is 3.49. The lowest BCUT2D eigenvalue weighted by atomic mass is 10.2. The van der Waals surface area contributed by atoms with Crippen LogP contribution in [0.4, 0.5) is 0 Å². The van der Waals surface area contributed by atoms with E-state index in [0.717, 1.165) is 16.8 Å². The molecule has 2 amide bonds. The molecule has 1 saturated heterocycles. The average molecular weight is 415 g/mol. The maximum Gasteiger partial charge on any atom is 0.341 e. The summed E-state index contributed by atoms with van der Waals surface area (Å²) in [6.45, 7) is -0.507. The molecule has 0 aliphatic carbocycles. The number of hydrogen-bond acceptors (Lipinski definition) is 7. The van der Waals surface area contributed by atoms with Crippen LogP contribution in [0.5, 0.6) is 5.75 Å². The molecule has 0 atom stereocenters. The molecule has 2 heterocycles. The Hall–Kier alpha value is -3.24. The molecule has 1 aromatic heterocycles. The van der Waals surface area contributed by atoms with Crippen molar-refractivity contribution in [1.29, 1.82) is 0 Å². The molecule has 1 fully saturated rings. The number of thiocarbonyl (C=S) groups is 1. The van der Waals surface area contributed by atoms with Crippen LogP contribution in [0.25, 0.3) is 6.08 Å². The van der Waals surface area contributed by atoms with Crippen molar-refractivity contribution < 1.29 is 24.2 Å². The Morgan fingerprint density at radius 1 is 1.29 bits per heavy atom. The molecule has 1 aromatic carbocycles. The normalized spacial score (nSPS) is 15.0. The minimum absolute atomic E-state index is 0.164. The van der Waals surface area contributed by atoms with E-state index in [1.165, 1.54) is 18.5 Å². The van der Waals surface area contributed by atoms with Gasteiger partial charge in [0.05, 0.1) is 10.5 Å². The first kappa shape index (κ1) is 19.5. The first-order valence-electron chi connectivity index (χ1n) is 7.88. The number of thioether (sulfide) groups is 1. The lowest BCUT2D eigenvalue weighted by Crippen LogP contribution is -2.44. The number of amides is 2. The van der Waals surface area contributed by atoms with Gasteiger partial charge in [0.25, 0.3) is 11.8 Å². The molecule has 142 valence electrons. The second-order valence-electron chi connectivity index (χ2n) is 5.42. The van der Waals surface area contributed by atoms with Gasteiger partial charge in [-0.15, -0.1) is 0 Å². The molecular weight excluding hydrogens is 402 g/mol. The molecule has 2 aromatic rings. The maximum atomic E-state index is 12.6. The first-order chi connectivity index (χ1) is 13.5. The second-order valence-corrected chi connectivity index (χ2v) is 7.10. The third-order valence-corrected chi connectivity index (χ3v) is 4.79. The number of carboxylic acids is 1. The van der Waals surface area contributed by atoms with Crippen LogP contribution < -0.4 is 10.2 Å². The molecule has 0 bridgehead atoms. The number of nitrogens with one attached hydrogen (secondary N) is 1. The van der Waals surface area contributed by atoms with Gasteiger partial charge in [-0.05, 0) is 36.5 Å². The Kier molecular flexibility index (Phi) is 6.02. The van der Waals surface area contributed by atoms with E-state index in [4.69, 9.17) is 22.1 Å². The highest BCUT2D eigenvalue weighted by Crippen LogP contribution is 2.33. The monoisotopic (exact) mass is 415 g/mol. The molecule has 0 radical (unpaired) electrons. The van der Waals surface area contributed by atoms with Crippen LogP contribution in [0, 0.1) is 0 Å². The Labute approximate surface area is 169 Å². The lowest BCUT2D eigenvalue weighted by molar-refractivity contribution is -0.139. The number of carboxylic acid groups (broad SMARTS) is 1. The highest BCUT2D eigenvalue weighted by molar-refractivity contribution is 8.26. The molecule has 2 N–H and O–H groups in total. The molecular formula is C18H13N3O5S2. The predicted molar refractivity (Wildman–Crippen MR) is 106 cm³/mol. The van der Waals surface area contributed by atoms with Crippen molar-refractivity contribution in [3.8, 4) is 5.75 Å². The third kappa shape index (κ3) is 4.53.